The van der Waals surface area contributed by atoms with Gasteiger partial charge in [0.1, 0.15) is 5.75 Å². The number of nitrogens with one attached hydrogen (secondary N) is 2. The van der Waals surface area contributed by atoms with Crippen molar-refractivity contribution in [2.24, 2.45) is 0 Å². The van der Waals surface area contributed by atoms with Gasteiger partial charge >= 0.3 is 0 Å². The van der Waals surface area contributed by atoms with Gasteiger partial charge in [0.25, 0.3) is 5.91 Å². The Labute approximate surface area is 159 Å². The van der Waals surface area contributed by atoms with Crippen molar-refractivity contribution in [3.63, 3.8) is 0 Å². The maximum Gasteiger partial charge on any atom is 0.251 e. The van der Waals surface area contributed by atoms with Crippen LogP contribution in [-0.2, 0) is 6.42 Å². The van der Waals surface area contributed by atoms with Gasteiger partial charge in [-0.3, -0.25) is 9.59 Å². The van der Waals surface area contributed by atoms with E-state index in [9.17, 15) is 9.59 Å². The minimum absolute atomic E-state index is 0.186. The summed E-state index contributed by atoms with van der Waals surface area (Å²) in [5.74, 6) is 0.235. The molecule has 1 aliphatic rings. The lowest BCUT2D eigenvalue weighted by Gasteiger charge is -2.35. The Morgan fingerprint density at radius 3 is 2.52 bits per heavy atom. The van der Waals surface area contributed by atoms with Crippen molar-refractivity contribution in [1.29, 1.82) is 0 Å². The smallest absolute Gasteiger partial charge is 0.251 e. The van der Waals surface area contributed by atoms with Gasteiger partial charge in [-0.1, -0.05) is 24.3 Å². The Morgan fingerprint density at radius 1 is 1.15 bits per heavy atom. The SMILES string of the molecule is CNC(=O)c1ccccc1C(=O)/C=C1\NC(C)(C)Cc2ccc(OC)cc21. The summed E-state index contributed by atoms with van der Waals surface area (Å²) in [5, 5.41) is 6.03. The first kappa shape index (κ1) is 18.7. The molecule has 0 radical (unpaired) electrons. The molecule has 5 nitrogen and oxygen atoms in total. The van der Waals surface area contributed by atoms with E-state index in [1.807, 2.05) is 18.2 Å². The summed E-state index contributed by atoms with van der Waals surface area (Å²) in [6, 6.07) is 12.7. The quantitative estimate of drug-likeness (QED) is 0.646. The lowest BCUT2D eigenvalue weighted by atomic mass is 9.85. The topological polar surface area (TPSA) is 67.4 Å². The van der Waals surface area contributed by atoms with Gasteiger partial charge in [-0.2, -0.15) is 0 Å². The van der Waals surface area contributed by atoms with E-state index in [1.54, 1.807) is 44.5 Å². The van der Waals surface area contributed by atoms with Gasteiger partial charge in [-0.05, 0) is 44.0 Å². The molecule has 0 aromatic heterocycles. The highest BCUT2D eigenvalue weighted by molar-refractivity contribution is 6.14. The average molecular weight is 364 g/mol. The summed E-state index contributed by atoms with van der Waals surface area (Å²) < 4.78 is 5.34. The molecule has 2 aromatic carbocycles. The van der Waals surface area contributed by atoms with Crippen LogP contribution >= 0.6 is 0 Å². The van der Waals surface area contributed by atoms with Crippen LogP contribution in [0.3, 0.4) is 0 Å². The zero-order valence-corrected chi connectivity index (χ0v) is 16.1. The van der Waals surface area contributed by atoms with E-state index in [0.717, 1.165) is 29.0 Å². The summed E-state index contributed by atoms with van der Waals surface area (Å²) >= 11 is 0. The molecule has 2 N–H and O–H groups in total. The third-order valence-corrected chi connectivity index (χ3v) is 4.65. The summed E-state index contributed by atoms with van der Waals surface area (Å²) in [6.45, 7) is 4.19. The molecule has 0 saturated carbocycles. The minimum atomic E-state index is -0.281. The summed E-state index contributed by atoms with van der Waals surface area (Å²) in [7, 11) is 3.17. The Hall–Kier alpha value is -3.08. The molecular weight excluding hydrogens is 340 g/mol. The lowest BCUT2D eigenvalue weighted by molar-refractivity contribution is 0.0951. The second-order valence-electron chi connectivity index (χ2n) is 7.26. The molecular formula is C22H24N2O3. The number of fused-ring (bicyclic) bond motifs is 1. The lowest BCUT2D eigenvalue weighted by Crippen LogP contribution is -2.43. The maximum atomic E-state index is 13.0. The Kier molecular flexibility index (Phi) is 5.04. The molecule has 0 fully saturated rings. The first-order chi connectivity index (χ1) is 12.8. The van der Waals surface area contributed by atoms with Crippen LogP contribution in [-0.4, -0.2) is 31.4 Å². The molecule has 3 rings (SSSR count). The largest absolute Gasteiger partial charge is 0.497 e. The predicted molar refractivity (Wildman–Crippen MR) is 106 cm³/mol. The van der Waals surface area contributed by atoms with E-state index in [2.05, 4.69) is 24.5 Å². The molecule has 1 amide bonds. The summed E-state index contributed by atoms with van der Waals surface area (Å²) in [4.78, 5) is 25.1. The van der Waals surface area contributed by atoms with E-state index in [0.29, 0.717) is 11.1 Å². The van der Waals surface area contributed by atoms with Crippen molar-refractivity contribution >= 4 is 17.4 Å². The fraction of sp³-hybridized carbons (Fsp3) is 0.273. The van der Waals surface area contributed by atoms with E-state index in [-0.39, 0.29) is 17.2 Å². The van der Waals surface area contributed by atoms with E-state index in [4.69, 9.17) is 4.74 Å². The second kappa shape index (κ2) is 7.27. The molecule has 1 aliphatic heterocycles. The summed E-state index contributed by atoms with van der Waals surface area (Å²) in [6.07, 6.45) is 2.41. The molecule has 0 saturated heterocycles. The number of carbonyl (C=O) groups excluding carboxylic acids is 2. The fourth-order valence-electron chi connectivity index (χ4n) is 3.39. The van der Waals surface area contributed by atoms with Gasteiger partial charge in [0.15, 0.2) is 5.78 Å². The molecule has 2 aromatic rings. The van der Waals surface area contributed by atoms with Crippen LogP contribution in [0.15, 0.2) is 48.5 Å². The molecule has 1 heterocycles. The normalized spacial score (nSPS) is 16.2. The number of ether oxygens (including phenoxy) is 1. The van der Waals surface area contributed by atoms with Crippen molar-refractivity contribution in [3.8, 4) is 5.75 Å². The number of hydrogen-bond acceptors (Lipinski definition) is 4. The number of methoxy groups -OCH3 is 1. The van der Waals surface area contributed by atoms with Crippen LogP contribution < -0.4 is 15.4 Å². The van der Waals surface area contributed by atoms with Gasteiger partial charge in [-0.25, -0.2) is 0 Å². The van der Waals surface area contributed by atoms with Crippen LogP contribution in [0.25, 0.3) is 5.70 Å². The van der Waals surface area contributed by atoms with E-state index < -0.39 is 0 Å². The van der Waals surface area contributed by atoms with Gasteiger partial charge in [-0.15, -0.1) is 0 Å². The van der Waals surface area contributed by atoms with Crippen molar-refractivity contribution < 1.29 is 14.3 Å². The number of carbonyl (C=O) groups is 2. The molecule has 0 atom stereocenters. The Morgan fingerprint density at radius 2 is 1.85 bits per heavy atom. The number of benzene rings is 2. The predicted octanol–water partition coefficient (Wildman–Crippen LogP) is 3.20. The zero-order valence-electron chi connectivity index (χ0n) is 16.1. The van der Waals surface area contributed by atoms with Crippen molar-refractivity contribution in [2.45, 2.75) is 25.8 Å². The van der Waals surface area contributed by atoms with Gasteiger partial charge < -0.3 is 15.4 Å². The first-order valence-electron chi connectivity index (χ1n) is 8.87. The number of amides is 1. The van der Waals surface area contributed by atoms with Gasteiger partial charge in [0.05, 0.1) is 12.7 Å². The number of rotatable bonds is 4. The fourth-order valence-corrected chi connectivity index (χ4v) is 3.39. The van der Waals surface area contributed by atoms with E-state index >= 15 is 0 Å². The first-order valence-corrected chi connectivity index (χ1v) is 8.87. The molecule has 5 heteroatoms. The number of allylic oxidation sites excluding steroid dienone is 1. The molecule has 0 spiro atoms. The molecule has 140 valence electrons. The van der Waals surface area contributed by atoms with E-state index in [1.165, 1.54) is 0 Å². The Bertz CT molecular complexity index is 929. The third-order valence-electron chi connectivity index (χ3n) is 4.65. The van der Waals surface area contributed by atoms with Crippen LogP contribution in [0.4, 0.5) is 0 Å². The van der Waals surface area contributed by atoms with Crippen LogP contribution in [0.5, 0.6) is 5.75 Å². The Balaban J connectivity index is 2.07. The van der Waals surface area contributed by atoms with Crippen LogP contribution in [0.1, 0.15) is 45.7 Å². The molecule has 0 aliphatic carbocycles. The van der Waals surface area contributed by atoms with Gasteiger partial charge in [0.2, 0.25) is 0 Å². The number of ketones is 1. The van der Waals surface area contributed by atoms with Gasteiger partial charge in [0, 0.05) is 35.5 Å². The average Bonchev–Trinajstić information content (AvgIpc) is 2.66. The maximum absolute atomic E-state index is 13.0. The van der Waals surface area contributed by atoms with Crippen molar-refractivity contribution in [3.05, 3.63) is 70.8 Å². The van der Waals surface area contributed by atoms with Crippen molar-refractivity contribution in [1.82, 2.24) is 10.6 Å². The molecule has 27 heavy (non-hydrogen) atoms. The number of hydrogen-bond donors (Lipinski definition) is 2. The van der Waals surface area contributed by atoms with Crippen molar-refractivity contribution in [2.75, 3.05) is 14.2 Å². The molecule has 0 unspecified atom stereocenters. The molecule has 0 bridgehead atoms. The second-order valence-corrected chi connectivity index (χ2v) is 7.26. The highest BCUT2D eigenvalue weighted by atomic mass is 16.5. The highest BCUT2D eigenvalue weighted by Gasteiger charge is 2.28. The summed E-state index contributed by atoms with van der Waals surface area (Å²) in [5.41, 5.74) is 3.38. The standard InChI is InChI=1S/C22H24N2O3/c1-22(2)13-14-9-10-15(27-4)11-18(14)19(24-22)12-20(25)16-7-5-6-8-17(16)21(26)23-3/h5-12,24H,13H2,1-4H3,(H,23,26)/b19-12-. The highest BCUT2D eigenvalue weighted by Crippen LogP contribution is 2.32. The third kappa shape index (κ3) is 3.87. The minimum Gasteiger partial charge on any atom is -0.497 e. The zero-order chi connectivity index (χ0) is 19.6. The van der Waals surface area contributed by atoms with Crippen LogP contribution in [0.2, 0.25) is 0 Å². The van der Waals surface area contributed by atoms with Crippen LogP contribution in [0, 0.1) is 0 Å². The monoisotopic (exact) mass is 364 g/mol.